The van der Waals surface area contributed by atoms with E-state index in [0.29, 0.717) is 5.69 Å². The molecular weight excluding hydrogens is 376 g/mol. The Bertz CT molecular complexity index is 1120. The van der Waals surface area contributed by atoms with E-state index in [1.165, 1.54) is 12.1 Å². The highest BCUT2D eigenvalue weighted by Gasteiger charge is 2.16. The van der Waals surface area contributed by atoms with Gasteiger partial charge in [-0.3, -0.25) is 4.72 Å². The zero-order valence-electron chi connectivity index (χ0n) is 14.0. The number of hydrogen-bond donors (Lipinski definition) is 2. The lowest BCUT2D eigenvalue weighted by Gasteiger charge is -2.10. The van der Waals surface area contributed by atoms with Gasteiger partial charge in [-0.25, -0.2) is 26.1 Å². The normalized spacial score (nSPS) is 12.3. The Balaban J connectivity index is 1.61. The van der Waals surface area contributed by atoms with E-state index < -0.39 is 20.0 Å². The molecule has 0 fully saturated rings. The van der Waals surface area contributed by atoms with E-state index in [2.05, 4.69) is 14.5 Å². The summed E-state index contributed by atoms with van der Waals surface area (Å²) < 4.78 is 55.0. The molecule has 0 amide bonds. The predicted octanol–water partition coefficient (Wildman–Crippen LogP) is 1.36. The predicted molar refractivity (Wildman–Crippen MR) is 99.0 cm³/mol. The van der Waals surface area contributed by atoms with Gasteiger partial charge in [-0.2, -0.15) is 5.10 Å². The maximum Gasteiger partial charge on any atom is 0.240 e. The lowest BCUT2D eigenvalue weighted by Crippen LogP contribution is -2.31. The molecule has 1 aromatic carbocycles. The average molecular weight is 394 g/mol. The fraction of sp³-hybridized carbons (Fsp3) is 0.188. The number of aromatic nitrogens is 2. The third kappa shape index (κ3) is 4.40. The Labute approximate surface area is 152 Å². The number of benzene rings is 1. The van der Waals surface area contributed by atoms with Gasteiger partial charge in [-0.15, -0.1) is 0 Å². The van der Waals surface area contributed by atoms with E-state index in [-0.39, 0.29) is 17.2 Å². The fourth-order valence-corrected chi connectivity index (χ4v) is 4.45. The zero-order valence-corrected chi connectivity index (χ0v) is 15.6. The van der Waals surface area contributed by atoms with Gasteiger partial charge in [0.1, 0.15) is 0 Å². The van der Waals surface area contributed by atoms with Crippen LogP contribution >= 0.6 is 0 Å². The maximum absolute atomic E-state index is 12.2. The van der Waals surface area contributed by atoms with Gasteiger partial charge in [0.15, 0.2) is 0 Å². The Morgan fingerprint density at radius 1 is 1.04 bits per heavy atom. The van der Waals surface area contributed by atoms with Crippen molar-refractivity contribution in [1.29, 1.82) is 0 Å². The van der Waals surface area contributed by atoms with Gasteiger partial charge in [-0.1, -0.05) is 17.7 Å². The summed E-state index contributed by atoms with van der Waals surface area (Å²) in [4.78, 5) is 0.0969. The van der Waals surface area contributed by atoms with Crippen LogP contribution in [0.1, 0.15) is 5.56 Å². The maximum atomic E-state index is 12.2. The smallest absolute Gasteiger partial charge is 0.240 e. The molecule has 2 aromatic heterocycles. The highest BCUT2D eigenvalue weighted by atomic mass is 32.2. The van der Waals surface area contributed by atoms with E-state index in [1.807, 2.05) is 6.92 Å². The minimum atomic E-state index is -3.75. The largest absolute Gasteiger partial charge is 0.283 e. The number of anilines is 1. The molecule has 0 unspecified atom stereocenters. The first-order chi connectivity index (χ1) is 12.3. The van der Waals surface area contributed by atoms with Crippen molar-refractivity contribution in [2.24, 2.45) is 0 Å². The molecule has 0 spiro atoms. The van der Waals surface area contributed by atoms with Crippen LogP contribution in [0.2, 0.25) is 0 Å². The third-order valence-corrected chi connectivity index (χ3v) is 6.43. The number of aryl methyl sites for hydroxylation is 1. The topological polar surface area (TPSA) is 110 Å². The van der Waals surface area contributed by atoms with E-state index in [1.54, 1.807) is 47.2 Å². The SMILES string of the molecule is Cc1ccc(S(=O)(=O)NCCS(=O)(=O)Nc2ccn3nccc3c2)cc1. The summed E-state index contributed by atoms with van der Waals surface area (Å²) >= 11 is 0. The molecule has 0 saturated heterocycles. The summed E-state index contributed by atoms with van der Waals surface area (Å²) in [6.07, 6.45) is 3.24. The zero-order chi connectivity index (χ0) is 18.8. The molecule has 0 aliphatic carbocycles. The molecule has 10 heteroatoms. The molecule has 0 aliphatic rings. The second-order valence-electron chi connectivity index (χ2n) is 5.75. The first kappa shape index (κ1) is 18.4. The molecule has 2 heterocycles. The molecule has 26 heavy (non-hydrogen) atoms. The molecule has 3 aromatic rings. The highest BCUT2D eigenvalue weighted by molar-refractivity contribution is 7.92. The van der Waals surface area contributed by atoms with Crippen LogP contribution in [-0.2, 0) is 20.0 Å². The average Bonchev–Trinajstić information content (AvgIpc) is 3.02. The van der Waals surface area contributed by atoms with Crippen molar-refractivity contribution in [3.05, 3.63) is 60.4 Å². The van der Waals surface area contributed by atoms with Gasteiger partial charge in [-0.05, 0) is 37.3 Å². The Kier molecular flexibility index (Phi) is 4.99. The van der Waals surface area contributed by atoms with Gasteiger partial charge < -0.3 is 0 Å². The van der Waals surface area contributed by atoms with Crippen LogP contribution in [0, 0.1) is 6.92 Å². The molecule has 3 rings (SSSR count). The molecular formula is C16H18N4O4S2. The van der Waals surface area contributed by atoms with Gasteiger partial charge in [0.25, 0.3) is 0 Å². The molecule has 0 saturated carbocycles. The second-order valence-corrected chi connectivity index (χ2v) is 9.36. The summed E-state index contributed by atoms with van der Waals surface area (Å²) in [5.41, 5.74) is 2.07. The monoisotopic (exact) mass is 394 g/mol. The van der Waals surface area contributed by atoms with Crippen LogP contribution in [-0.4, -0.2) is 38.7 Å². The Hall–Kier alpha value is -2.43. The van der Waals surface area contributed by atoms with Crippen LogP contribution in [0.3, 0.4) is 0 Å². The number of hydrogen-bond acceptors (Lipinski definition) is 5. The molecule has 0 atom stereocenters. The quantitative estimate of drug-likeness (QED) is 0.629. The molecule has 0 radical (unpaired) electrons. The molecule has 0 bridgehead atoms. The van der Waals surface area contributed by atoms with Crippen molar-refractivity contribution in [2.45, 2.75) is 11.8 Å². The summed E-state index contributed by atoms with van der Waals surface area (Å²) in [5.74, 6) is -0.386. The van der Waals surface area contributed by atoms with Crippen molar-refractivity contribution < 1.29 is 16.8 Å². The van der Waals surface area contributed by atoms with Crippen molar-refractivity contribution in [3.8, 4) is 0 Å². The number of rotatable bonds is 7. The molecule has 8 nitrogen and oxygen atoms in total. The number of fused-ring (bicyclic) bond motifs is 1. The van der Waals surface area contributed by atoms with Crippen molar-refractivity contribution in [3.63, 3.8) is 0 Å². The molecule has 0 aliphatic heterocycles. The van der Waals surface area contributed by atoms with Crippen LogP contribution in [0.5, 0.6) is 0 Å². The summed E-state index contributed by atoms with van der Waals surface area (Å²) in [7, 11) is -7.45. The van der Waals surface area contributed by atoms with Crippen molar-refractivity contribution in [1.82, 2.24) is 14.3 Å². The van der Waals surface area contributed by atoms with Gasteiger partial charge in [0.05, 0.1) is 21.9 Å². The molecule has 2 N–H and O–H groups in total. The van der Waals surface area contributed by atoms with Crippen LogP contribution in [0.4, 0.5) is 5.69 Å². The summed E-state index contributed by atoms with van der Waals surface area (Å²) in [6.45, 7) is 1.61. The first-order valence-corrected chi connectivity index (χ1v) is 10.9. The van der Waals surface area contributed by atoms with E-state index in [9.17, 15) is 16.8 Å². The summed E-state index contributed by atoms with van der Waals surface area (Å²) in [6, 6.07) is 11.3. The first-order valence-electron chi connectivity index (χ1n) is 7.75. The van der Waals surface area contributed by atoms with Crippen molar-refractivity contribution in [2.75, 3.05) is 17.0 Å². The van der Waals surface area contributed by atoms with Gasteiger partial charge in [0, 0.05) is 18.9 Å². The number of sulfonamides is 2. The van der Waals surface area contributed by atoms with E-state index in [4.69, 9.17) is 0 Å². The number of pyridine rings is 1. The summed E-state index contributed by atoms with van der Waals surface area (Å²) in [5, 5.41) is 4.03. The standard InChI is InChI=1S/C16H18N4O4S2/c1-13-2-4-16(5-3-13)26(23,24)18-9-11-25(21,22)19-14-7-10-20-15(12-14)6-8-17-20/h2-8,10,12,18-19H,9,11H2,1H3. The van der Waals surface area contributed by atoms with E-state index in [0.717, 1.165) is 11.1 Å². The Morgan fingerprint density at radius 3 is 2.50 bits per heavy atom. The van der Waals surface area contributed by atoms with Crippen LogP contribution in [0.15, 0.2) is 59.8 Å². The van der Waals surface area contributed by atoms with Crippen molar-refractivity contribution >= 4 is 31.3 Å². The fourth-order valence-electron chi connectivity index (χ4n) is 2.33. The lowest BCUT2D eigenvalue weighted by molar-refractivity contribution is 0.582. The number of nitrogens with one attached hydrogen (secondary N) is 2. The second kappa shape index (κ2) is 7.06. The number of nitrogens with zero attached hydrogens (tertiary/aromatic N) is 2. The van der Waals surface area contributed by atoms with Gasteiger partial charge in [0.2, 0.25) is 20.0 Å². The lowest BCUT2D eigenvalue weighted by atomic mass is 10.2. The highest BCUT2D eigenvalue weighted by Crippen LogP contribution is 2.13. The van der Waals surface area contributed by atoms with E-state index >= 15 is 0 Å². The van der Waals surface area contributed by atoms with Gasteiger partial charge >= 0.3 is 0 Å². The van der Waals surface area contributed by atoms with Crippen LogP contribution < -0.4 is 9.44 Å². The third-order valence-electron chi connectivity index (χ3n) is 3.67. The molecule has 138 valence electrons. The minimum absolute atomic E-state index is 0.0969. The van der Waals surface area contributed by atoms with Crippen LogP contribution in [0.25, 0.3) is 5.52 Å². The minimum Gasteiger partial charge on any atom is -0.283 e. The Morgan fingerprint density at radius 2 is 1.77 bits per heavy atom.